The summed E-state index contributed by atoms with van der Waals surface area (Å²) in [6.07, 6.45) is 0.820. The molecule has 6 heteroatoms. The summed E-state index contributed by atoms with van der Waals surface area (Å²) in [5.74, 6) is -0.161. The largest absolute Gasteiger partial charge is 0.479 e. The zero-order valence-corrected chi connectivity index (χ0v) is 13.0. The Balaban J connectivity index is 1.80. The number of hydrogen-bond acceptors (Lipinski definition) is 4. The van der Waals surface area contributed by atoms with E-state index in [0.29, 0.717) is 11.1 Å². The number of aromatic nitrogens is 2. The quantitative estimate of drug-likeness (QED) is 0.730. The van der Waals surface area contributed by atoms with Gasteiger partial charge in [-0.3, -0.25) is 0 Å². The molecule has 24 heavy (non-hydrogen) atoms. The van der Waals surface area contributed by atoms with Gasteiger partial charge in [0.15, 0.2) is 0 Å². The average Bonchev–Trinajstić information content (AvgIpc) is 3.05. The zero-order chi connectivity index (χ0) is 16.9. The Kier molecular flexibility index (Phi) is 4.56. The molecule has 2 aromatic carbocycles. The molecule has 122 valence electrons. The highest BCUT2D eigenvalue weighted by atomic mass is 19.1. The summed E-state index contributed by atoms with van der Waals surface area (Å²) in [6.45, 7) is 0.136. The van der Waals surface area contributed by atoms with Gasteiger partial charge in [-0.15, -0.1) is 5.10 Å². The van der Waals surface area contributed by atoms with Crippen molar-refractivity contribution in [3.05, 3.63) is 72.2 Å². The standard InChI is InChI=1S/C18H15FN2O3/c1-23-17-16(14-8-5-9-15(19)10-14)11-21(20-17)18(22)24-12-13-6-3-2-4-7-13/h2-11H,12H2,1H3. The number of benzene rings is 2. The molecule has 0 unspecified atom stereocenters. The first-order chi connectivity index (χ1) is 11.7. The lowest BCUT2D eigenvalue weighted by Gasteiger charge is -2.03. The van der Waals surface area contributed by atoms with Crippen LogP contribution in [0.15, 0.2) is 60.8 Å². The van der Waals surface area contributed by atoms with Gasteiger partial charge in [0.05, 0.1) is 12.7 Å². The van der Waals surface area contributed by atoms with E-state index in [2.05, 4.69) is 5.10 Å². The Morgan fingerprint density at radius 3 is 2.67 bits per heavy atom. The summed E-state index contributed by atoms with van der Waals surface area (Å²) in [5, 5.41) is 4.04. The molecule has 0 aliphatic rings. The lowest BCUT2D eigenvalue weighted by atomic mass is 10.1. The van der Waals surface area contributed by atoms with E-state index < -0.39 is 6.09 Å². The monoisotopic (exact) mass is 326 g/mol. The molecular weight excluding hydrogens is 311 g/mol. The minimum absolute atomic E-state index is 0.136. The van der Waals surface area contributed by atoms with Gasteiger partial charge in [-0.25, -0.2) is 9.18 Å². The number of carbonyl (C=O) groups is 1. The number of carbonyl (C=O) groups excluding carboxylic acids is 1. The molecule has 1 aromatic heterocycles. The molecule has 3 aromatic rings. The van der Waals surface area contributed by atoms with Crippen LogP contribution >= 0.6 is 0 Å². The maximum Gasteiger partial charge on any atom is 0.435 e. The summed E-state index contributed by atoms with van der Waals surface area (Å²) in [7, 11) is 1.44. The third kappa shape index (κ3) is 3.43. The highest BCUT2D eigenvalue weighted by Gasteiger charge is 2.17. The van der Waals surface area contributed by atoms with E-state index in [-0.39, 0.29) is 18.3 Å². The lowest BCUT2D eigenvalue weighted by molar-refractivity contribution is 0.137. The molecule has 0 radical (unpaired) electrons. The number of methoxy groups -OCH3 is 1. The fourth-order valence-corrected chi connectivity index (χ4v) is 2.24. The van der Waals surface area contributed by atoms with Crippen molar-refractivity contribution in [2.75, 3.05) is 7.11 Å². The summed E-state index contributed by atoms with van der Waals surface area (Å²) in [5.41, 5.74) is 1.94. The van der Waals surface area contributed by atoms with Crippen LogP contribution < -0.4 is 4.74 Å². The maximum absolute atomic E-state index is 13.4. The Morgan fingerprint density at radius 2 is 1.96 bits per heavy atom. The van der Waals surface area contributed by atoms with Crippen LogP contribution in [0.3, 0.4) is 0 Å². The number of ether oxygens (including phenoxy) is 2. The van der Waals surface area contributed by atoms with Crippen molar-refractivity contribution in [1.82, 2.24) is 9.78 Å². The van der Waals surface area contributed by atoms with E-state index in [1.165, 1.54) is 25.4 Å². The highest BCUT2D eigenvalue weighted by molar-refractivity contribution is 5.75. The van der Waals surface area contributed by atoms with E-state index >= 15 is 0 Å². The third-order valence-electron chi connectivity index (χ3n) is 3.40. The molecule has 0 aliphatic heterocycles. The van der Waals surface area contributed by atoms with Crippen LogP contribution in [-0.2, 0) is 11.3 Å². The first-order valence-electron chi connectivity index (χ1n) is 7.28. The van der Waals surface area contributed by atoms with Crippen molar-refractivity contribution >= 4 is 6.09 Å². The molecule has 0 atom stereocenters. The first kappa shape index (κ1) is 15.7. The van der Waals surface area contributed by atoms with E-state index in [4.69, 9.17) is 9.47 Å². The van der Waals surface area contributed by atoms with E-state index in [0.717, 1.165) is 10.2 Å². The minimum Gasteiger partial charge on any atom is -0.479 e. The van der Waals surface area contributed by atoms with Gasteiger partial charge in [-0.2, -0.15) is 4.68 Å². The van der Waals surface area contributed by atoms with Crippen LogP contribution in [0.1, 0.15) is 5.56 Å². The molecule has 0 amide bonds. The first-order valence-corrected chi connectivity index (χ1v) is 7.28. The smallest absolute Gasteiger partial charge is 0.435 e. The second-order valence-corrected chi connectivity index (χ2v) is 5.05. The Hall–Kier alpha value is -3.15. The van der Waals surface area contributed by atoms with Crippen molar-refractivity contribution in [3.8, 4) is 17.0 Å². The fraction of sp³-hybridized carbons (Fsp3) is 0.111. The second kappa shape index (κ2) is 6.95. The molecule has 0 saturated heterocycles. The van der Waals surface area contributed by atoms with Gasteiger partial charge in [-0.05, 0) is 23.3 Å². The number of rotatable bonds is 4. The molecule has 0 saturated carbocycles. The van der Waals surface area contributed by atoms with Crippen LogP contribution in [0.25, 0.3) is 11.1 Å². The maximum atomic E-state index is 13.4. The third-order valence-corrected chi connectivity index (χ3v) is 3.40. The van der Waals surface area contributed by atoms with E-state index in [1.807, 2.05) is 30.3 Å². The van der Waals surface area contributed by atoms with Crippen molar-refractivity contribution < 1.29 is 18.7 Å². The van der Waals surface area contributed by atoms with Gasteiger partial charge < -0.3 is 9.47 Å². The van der Waals surface area contributed by atoms with E-state index in [9.17, 15) is 9.18 Å². The summed E-state index contributed by atoms with van der Waals surface area (Å²) < 4.78 is 24.8. The molecule has 1 heterocycles. The predicted molar refractivity (Wildman–Crippen MR) is 86.2 cm³/mol. The fourth-order valence-electron chi connectivity index (χ4n) is 2.24. The van der Waals surface area contributed by atoms with Gasteiger partial charge in [0.1, 0.15) is 12.4 Å². The van der Waals surface area contributed by atoms with Crippen LogP contribution in [0, 0.1) is 5.82 Å². The van der Waals surface area contributed by atoms with Gasteiger partial charge in [0, 0.05) is 6.20 Å². The Labute approximate surface area is 138 Å². The van der Waals surface area contributed by atoms with Crippen LogP contribution in [0.4, 0.5) is 9.18 Å². The Morgan fingerprint density at radius 1 is 1.17 bits per heavy atom. The molecule has 0 bridgehead atoms. The molecule has 0 N–H and O–H groups in total. The molecule has 0 spiro atoms. The predicted octanol–water partition coefficient (Wildman–Crippen LogP) is 3.88. The molecule has 3 rings (SSSR count). The van der Waals surface area contributed by atoms with Crippen molar-refractivity contribution in [1.29, 1.82) is 0 Å². The van der Waals surface area contributed by atoms with Crippen molar-refractivity contribution in [2.45, 2.75) is 6.61 Å². The van der Waals surface area contributed by atoms with Crippen molar-refractivity contribution in [3.63, 3.8) is 0 Å². The summed E-state index contributed by atoms with van der Waals surface area (Å²) in [4.78, 5) is 12.1. The lowest BCUT2D eigenvalue weighted by Crippen LogP contribution is -2.14. The zero-order valence-electron chi connectivity index (χ0n) is 13.0. The van der Waals surface area contributed by atoms with Gasteiger partial charge in [0.2, 0.25) is 5.88 Å². The second-order valence-electron chi connectivity index (χ2n) is 5.05. The Bertz CT molecular complexity index is 846. The van der Waals surface area contributed by atoms with Crippen LogP contribution in [0.5, 0.6) is 5.88 Å². The van der Waals surface area contributed by atoms with Gasteiger partial charge in [0.25, 0.3) is 0 Å². The summed E-state index contributed by atoms with van der Waals surface area (Å²) in [6, 6.07) is 15.3. The normalized spacial score (nSPS) is 10.4. The summed E-state index contributed by atoms with van der Waals surface area (Å²) >= 11 is 0. The van der Waals surface area contributed by atoms with Crippen LogP contribution in [0.2, 0.25) is 0 Å². The molecule has 5 nitrogen and oxygen atoms in total. The topological polar surface area (TPSA) is 53.4 Å². The molecule has 0 aliphatic carbocycles. The minimum atomic E-state index is -0.639. The average molecular weight is 326 g/mol. The van der Waals surface area contributed by atoms with Gasteiger partial charge in [-0.1, -0.05) is 42.5 Å². The molecular formula is C18H15FN2O3. The SMILES string of the molecule is COc1nn(C(=O)OCc2ccccc2)cc1-c1cccc(F)c1. The van der Waals surface area contributed by atoms with Gasteiger partial charge >= 0.3 is 6.09 Å². The van der Waals surface area contributed by atoms with E-state index in [1.54, 1.807) is 12.1 Å². The highest BCUT2D eigenvalue weighted by Crippen LogP contribution is 2.29. The van der Waals surface area contributed by atoms with Crippen molar-refractivity contribution in [2.24, 2.45) is 0 Å². The molecule has 0 fully saturated rings. The number of halogens is 1. The van der Waals surface area contributed by atoms with Crippen LogP contribution in [-0.4, -0.2) is 23.0 Å². The number of nitrogens with zero attached hydrogens (tertiary/aromatic N) is 2. The number of hydrogen-bond donors (Lipinski definition) is 0.